The molecule has 1 saturated heterocycles. The van der Waals surface area contributed by atoms with Crippen LogP contribution in [0.15, 0.2) is 22.9 Å². The van der Waals surface area contributed by atoms with Crippen LogP contribution in [0.1, 0.15) is 23.7 Å². The molecule has 4 atom stereocenters. The summed E-state index contributed by atoms with van der Waals surface area (Å²) in [5, 5.41) is 11.3. The van der Waals surface area contributed by atoms with E-state index in [-0.39, 0.29) is 11.5 Å². The van der Waals surface area contributed by atoms with Gasteiger partial charge in [0.15, 0.2) is 0 Å². The summed E-state index contributed by atoms with van der Waals surface area (Å²) in [5.41, 5.74) is 7.41. The van der Waals surface area contributed by atoms with Gasteiger partial charge in [-0.2, -0.15) is 5.10 Å². The summed E-state index contributed by atoms with van der Waals surface area (Å²) < 4.78 is 2.63. The number of primary amides is 1. The number of aromatic nitrogens is 2. The number of hydrogen-bond acceptors (Lipinski definition) is 4. The fraction of sp³-hybridized carbons (Fsp3) is 0.444. The van der Waals surface area contributed by atoms with Crippen molar-refractivity contribution in [1.29, 1.82) is 0 Å². The molecule has 1 aliphatic carbocycles. The van der Waals surface area contributed by atoms with Gasteiger partial charge in [0, 0.05) is 28.7 Å². The fourth-order valence-electron chi connectivity index (χ4n) is 4.50. The molecule has 7 heteroatoms. The Balaban J connectivity index is 1.75. The maximum absolute atomic E-state index is 11.9. The van der Waals surface area contributed by atoms with Crippen molar-refractivity contribution < 1.29 is 4.79 Å². The molecule has 4 rings (SSSR count). The van der Waals surface area contributed by atoms with Crippen molar-refractivity contribution in [2.24, 2.45) is 23.0 Å². The standard InChI is InChI=1S/C18H20BrN5O/c1-3-18-5-14(10(2)13(18)7-21-9-18)23-16-12(17(20)25)6-22-24-8-11(19)4-15(16)24/h1,4,6,8,10,13-14,21,23H,5,7,9H2,2H3,(H2,20,25). The van der Waals surface area contributed by atoms with E-state index < -0.39 is 5.91 Å². The van der Waals surface area contributed by atoms with Crippen LogP contribution in [0.4, 0.5) is 5.69 Å². The van der Waals surface area contributed by atoms with Gasteiger partial charge in [0.2, 0.25) is 0 Å². The lowest BCUT2D eigenvalue weighted by Gasteiger charge is -2.23. The van der Waals surface area contributed by atoms with Crippen molar-refractivity contribution in [2.75, 3.05) is 18.4 Å². The molecular formula is C18H20BrN5O. The van der Waals surface area contributed by atoms with Crippen molar-refractivity contribution in [3.05, 3.63) is 28.5 Å². The zero-order chi connectivity index (χ0) is 17.8. The first-order valence-corrected chi connectivity index (χ1v) is 9.16. The SMILES string of the molecule is C#CC12CNCC1C(C)C(Nc1c(C(N)=O)cnn3cc(Br)cc13)C2. The minimum atomic E-state index is -0.492. The van der Waals surface area contributed by atoms with Crippen LogP contribution in [0.3, 0.4) is 0 Å². The molecule has 4 N–H and O–H groups in total. The van der Waals surface area contributed by atoms with Crippen molar-refractivity contribution >= 4 is 33.0 Å². The topological polar surface area (TPSA) is 84.5 Å². The van der Waals surface area contributed by atoms with Gasteiger partial charge in [0.1, 0.15) is 0 Å². The Morgan fingerprint density at radius 3 is 3.12 bits per heavy atom. The summed E-state index contributed by atoms with van der Waals surface area (Å²) in [7, 11) is 0. The average Bonchev–Trinajstić information content (AvgIpc) is 3.22. The Labute approximate surface area is 154 Å². The number of nitrogens with two attached hydrogens (primary N) is 1. The van der Waals surface area contributed by atoms with E-state index in [0.717, 1.165) is 35.2 Å². The lowest BCUT2D eigenvalue weighted by Crippen LogP contribution is -2.29. The molecular weight excluding hydrogens is 382 g/mol. The average molecular weight is 402 g/mol. The summed E-state index contributed by atoms with van der Waals surface area (Å²) in [4.78, 5) is 11.9. The first-order valence-electron chi connectivity index (χ1n) is 8.37. The minimum Gasteiger partial charge on any atom is -0.380 e. The largest absolute Gasteiger partial charge is 0.380 e. The molecule has 1 aliphatic heterocycles. The van der Waals surface area contributed by atoms with Crippen molar-refractivity contribution in [3.63, 3.8) is 0 Å². The predicted molar refractivity (Wildman–Crippen MR) is 100 cm³/mol. The summed E-state index contributed by atoms with van der Waals surface area (Å²) >= 11 is 3.46. The van der Waals surface area contributed by atoms with E-state index >= 15 is 0 Å². The minimum absolute atomic E-state index is 0.115. The van der Waals surface area contributed by atoms with Gasteiger partial charge in [-0.15, -0.1) is 6.42 Å². The van der Waals surface area contributed by atoms with Crippen molar-refractivity contribution in [3.8, 4) is 12.3 Å². The van der Waals surface area contributed by atoms with Gasteiger partial charge in [-0.3, -0.25) is 4.79 Å². The van der Waals surface area contributed by atoms with E-state index in [0.29, 0.717) is 17.4 Å². The van der Waals surface area contributed by atoms with E-state index in [2.05, 4.69) is 44.5 Å². The molecule has 0 bridgehead atoms. The number of carbonyl (C=O) groups excluding carboxylic acids is 1. The Morgan fingerprint density at radius 2 is 2.44 bits per heavy atom. The molecule has 25 heavy (non-hydrogen) atoms. The van der Waals surface area contributed by atoms with Crippen LogP contribution in [0.25, 0.3) is 5.52 Å². The number of fused-ring (bicyclic) bond motifs is 2. The number of anilines is 1. The molecule has 2 aliphatic rings. The summed E-state index contributed by atoms with van der Waals surface area (Å²) in [5.74, 6) is 3.37. The zero-order valence-electron chi connectivity index (χ0n) is 13.9. The quantitative estimate of drug-likeness (QED) is 0.685. The van der Waals surface area contributed by atoms with E-state index in [1.807, 2.05) is 12.3 Å². The molecule has 2 aromatic heterocycles. The van der Waals surface area contributed by atoms with Crippen LogP contribution in [0.2, 0.25) is 0 Å². The molecule has 2 aromatic rings. The highest BCUT2D eigenvalue weighted by atomic mass is 79.9. The third-order valence-corrected chi connectivity index (χ3v) is 6.29. The van der Waals surface area contributed by atoms with Crippen LogP contribution in [-0.2, 0) is 0 Å². The molecule has 0 aromatic carbocycles. The number of nitrogens with one attached hydrogen (secondary N) is 2. The first-order chi connectivity index (χ1) is 11.9. The van der Waals surface area contributed by atoms with Gasteiger partial charge in [0.05, 0.1) is 23.0 Å². The number of carbonyl (C=O) groups is 1. The maximum Gasteiger partial charge on any atom is 0.252 e. The maximum atomic E-state index is 11.9. The normalized spacial score (nSPS) is 31.0. The van der Waals surface area contributed by atoms with Crippen LogP contribution >= 0.6 is 15.9 Å². The molecule has 4 unspecified atom stereocenters. The highest BCUT2D eigenvalue weighted by Gasteiger charge is 2.53. The van der Waals surface area contributed by atoms with E-state index in [4.69, 9.17) is 12.2 Å². The third kappa shape index (κ3) is 2.43. The lowest BCUT2D eigenvalue weighted by molar-refractivity contribution is 0.100. The number of amides is 1. The van der Waals surface area contributed by atoms with E-state index in [9.17, 15) is 4.79 Å². The second-order valence-corrected chi connectivity index (χ2v) is 8.05. The van der Waals surface area contributed by atoms with E-state index in [1.165, 1.54) is 6.20 Å². The monoisotopic (exact) mass is 401 g/mol. The van der Waals surface area contributed by atoms with E-state index in [1.54, 1.807) is 4.52 Å². The van der Waals surface area contributed by atoms with Crippen molar-refractivity contribution in [1.82, 2.24) is 14.9 Å². The highest BCUT2D eigenvalue weighted by Crippen LogP contribution is 2.49. The van der Waals surface area contributed by atoms with Crippen LogP contribution < -0.4 is 16.4 Å². The van der Waals surface area contributed by atoms with Gasteiger partial charge in [-0.05, 0) is 46.8 Å². The van der Waals surface area contributed by atoms with Gasteiger partial charge >= 0.3 is 0 Å². The van der Waals surface area contributed by atoms with Gasteiger partial charge < -0.3 is 16.4 Å². The Morgan fingerprint density at radius 1 is 1.64 bits per heavy atom. The Kier molecular flexibility index (Phi) is 3.78. The van der Waals surface area contributed by atoms with Gasteiger partial charge in [0.25, 0.3) is 5.91 Å². The third-order valence-electron chi connectivity index (χ3n) is 5.85. The summed E-state index contributed by atoms with van der Waals surface area (Å²) in [6, 6.07) is 2.11. The molecule has 2 fully saturated rings. The molecule has 3 heterocycles. The number of nitrogens with zero attached hydrogens (tertiary/aromatic N) is 2. The Bertz CT molecular complexity index is 901. The number of rotatable bonds is 3. The smallest absolute Gasteiger partial charge is 0.252 e. The van der Waals surface area contributed by atoms with Crippen LogP contribution in [-0.4, -0.2) is 34.7 Å². The molecule has 1 saturated carbocycles. The predicted octanol–water partition coefficient (Wildman–Crippen LogP) is 1.86. The molecule has 130 valence electrons. The molecule has 1 amide bonds. The molecule has 0 radical (unpaired) electrons. The Hall–Kier alpha value is -2.04. The van der Waals surface area contributed by atoms with Crippen LogP contribution in [0.5, 0.6) is 0 Å². The zero-order valence-corrected chi connectivity index (χ0v) is 15.5. The number of hydrogen-bond donors (Lipinski definition) is 3. The molecule has 0 spiro atoms. The van der Waals surface area contributed by atoms with Crippen molar-refractivity contribution in [2.45, 2.75) is 19.4 Å². The summed E-state index contributed by atoms with van der Waals surface area (Å²) in [6.07, 6.45) is 10.1. The number of halogens is 1. The second-order valence-electron chi connectivity index (χ2n) is 7.14. The lowest BCUT2D eigenvalue weighted by atomic mass is 9.79. The fourth-order valence-corrected chi connectivity index (χ4v) is 4.91. The summed E-state index contributed by atoms with van der Waals surface area (Å²) in [6.45, 7) is 4.02. The molecule has 6 nitrogen and oxygen atoms in total. The van der Waals surface area contributed by atoms with Gasteiger partial charge in [-0.25, -0.2) is 4.52 Å². The highest BCUT2D eigenvalue weighted by molar-refractivity contribution is 9.10. The second kappa shape index (κ2) is 5.75. The van der Waals surface area contributed by atoms with Crippen LogP contribution in [0, 0.1) is 29.6 Å². The van der Waals surface area contributed by atoms with Gasteiger partial charge in [-0.1, -0.05) is 12.8 Å². The number of terminal acetylenes is 1. The first kappa shape index (κ1) is 16.4.